The minimum atomic E-state index is -0.163. The summed E-state index contributed by atoms with van der Waals surface area (Å²) in [6.07, 6.45) is 0. The van der Waals surface area contributed by atoms with Gasteiger partial charge in [-0.3, -0.25) is 4.79 Å². The maximum atomic E-state index is 11.6. The van der Waals surface area contributed by atoms with Gasteiger partial charge in [0.25, 0.3) is 0 Å². The largest absolute Gasteiger partial charge is 0.329 e. The van der Waals surface area contributed by atoms with E-state index >= 15 is 0 Å². The van der Waals surface area contributed by atoms with Crippen LogP contribution in [0.5, 0.6) is 0 Å². The zero-order valence-electron chi connectivity index (χ0n) is 9.14. The van der Waals surface area contributed by atoms with Crippen molar-refractivity contribution in [3.05, 3.63) is 35.9 Å². The molecule has 1 saturated heterocycles. The Kier molecular flexibility index (Phi) is 2.90. The number of benzene rings is 1. The summed E-state index contributed by atoms with van der Waals surface area (Å²) < 4.78 is 0. The molecule has 1 N–H and O–H groups in total. The van der Waals surface area contributed by atoms with Crippen LogP contribution in [0.2, 0.25) is 0 Å². The van der Waals surface area contributed by atoms with E-state index in [1.807, 2.05) is 30.3 Å². The Hall–Kier alpha value is -1.84. The second kappa shape index (κ2) is 4.35. The summed E-state index contributed by atoms with van der Waals surface area (Å²) in [5.41, 5.74) is 1.07. The Balaban J connectivity index is 2.07. The minimum Gasteiger partial charge on any atom is -0.329 e. The Morgan fingerprint density at radius 2 is 2.12 bits per heavy atom. The molecule has 1 heterocycles. The van der Waals surface area contributed by atoms with Gasteiger partial charge in [-0.25, -0.2) is 4.79 Å². The summed E-state index contributed by atoms with van der Waals surface area (Å²) in [6, 6.07) is 9.60. The number of nitrogens with one attached hydrogen (secondary N) is 1. The average molecular weight is 218 g/mol. The van der Waals surface area contributed by atoms with Crippen LogP contribution in [0.1, 0.15) is 18.5 Å². The first-order valence-corrected chi connectivity index (χ1v) is 5.26. The molecule has 2 amide bonds. The molecule has 1 aliphatic rings. The van der Waals surface area contributed by atoms with Crippen LogP contribution in [0.3, 0.4) is 0 Å². The summed E-state index contributed by atoms with van der Waals surface area (Å²) in [5.74, 6) is 0.00358. The molecule has 0 aromatic heterocycles. The van der Waals surface area contributed by atoms with E-state index in [2.05, 4.69) is 5.32 Å². The van der Waals surface area contributed by atoms with E-state index in [4.69, 9.17) is 0 Å². The molecule has 0 aliphatic carbocycles. The molecular formula is C12H14N2O2. The molecule has 0 saturated carbocycles. The number of rotatable bonds is 3. The fourth-order valence-electron chi connectivity index (χ4n) is 1.87. The van der Waals surface area contributed by atoms with Gasteiger partial charge in [0, 0.05) is 6.54 Å². The zero-order chi connectivity index (χ0) is 11.5. The fourth-order valence-corrected chi connectivity index (χ4v) is 1.87. The van der Waals surface area contributed by atoms with Crippen LogP contribution < -0.4 is 5.32 Å². The molecule has 4 nitrogen and oxygen atoms in total. The van der Waals surface area contributed by atoms with Crippen molar-refractivity contribution in [1.82, 2.24) is 10.2 Å². The van der Waals surface area contributed by atoms with Crippen LogP contribution in [0.15, 0.2) is 30.3 Å². The molecule has 0 bridgehead atoms. The third-order valence-electron chi connectivity index (χ3n) is 2.60. The van der Waals surface area contributed by atoms with Crippen molar-refractivity contribution < 1.29 is 9.59 Å². The first-order chi connectivity index (χ1) is 7.66. The topological polar surface area (TPSA) is 49.4 Å². The molecule has 1 fully saturated rings. The van der Waals surface area contributed by atoms with E-state index in [0.29, 0.717) is 6.54 Å². The molecular weight excluding hydrogens is 204 g/mol. The molecule has 1 aromatic rings. The molecule has 2 rings (SSSR count). The second-order valence-electron chi connectivity index (χ2n) is 4.00. The smallest absolute Gasteiger partial charge is 0.318 e. The second-order valence-corrected chi connectivity index (χ2v) is 4.00. The number of hydrogen-bond donors (Lipinski definition) is 1. The van der Waals surface area contributed by atoms with Gasteiger partial charge in [-0.1, -0.05) is 30.3 Å². The monoisotopic (exact) mass is 218 g/mol. The molecule has 1 unspecified atom stereocenters. The molecule has 1 aromatic carbocycles. The van der Waals surface area contributed by atoms with Gasteiger partial charge < -0.3 is 10.2 Å². The fraction of sp³-hybridized carbons (Fsp3) is 0.333. The summed E-state index contributed by atoms with van der Waals surface area (Å²) >= 11 is 0. The Bertz CT molecular complexity index is 403. The Morgan fingerprint density at radius 1 is 1.44 bits per heavy atom. The number of ketones is 1. The highest BCUT2D eigenvalue weighted by Gasteiger charge is 2.29. The first kappa shape index (κ1) is 10.7. The van der Waals surface area contributed by atoms with E-state index in [0.717, 1.165) is 5.56 Å². The van der Waals surface area contributed by atoms with Crippen molar-refractivity contribution in [3.8, 4) is 0 Å². The lowest BCUT2D eigenvalue weighted by molar-refractivity contribution is -0.117. The number of urea groups is 1. The van der Waals surface area contributed by atoms with Gasteiger partial charge >= 0.3 is 6.03 Å². The summed E-state index contributed by atoms with van der Waals surface area (Å²) in [6.45, 7) is 2.24. The van der Waals surface area contributed by atoms with Gasteiger partial charge in [0.2, 0.25) is 0 Å². The summed E-state index contributed by atoms with van der Waals surface area (Å²) in [7, 11) is 0. The van der Waals surface area contributed by atoms with Crippen LogP contribution in [-0.2, 0) is 4.79 Å². The average Bonchev–Trinajstić information content (AvgIpc) is 2.61. The third kappa shape index (κ3) is 2.21. The van der Waals surface area contributed by atoms with Gasteiger partial charge in [-0.2, -0.15) is 0 Å². The van der Waals surface area contributed by atoms with E-state index in [9.17, 15) is 9.59 Å². The van der Waals surface area contributed by atoms with E-state index < -0.39 is 0 Å². The van der Waals surface area contributed by atoms with Crippen molar-refractivity contribution in [3.63, 3.8) is 0 Å². The number of carbonyl (C=O) groups excluding carboxylic acids is 2. The lowest BCUT2D eigenvalue weighted by atomic mass is 10.1. The molecule has 16 heavy (non-hydrogen) atoms. The zero-order valence-corrected chi connectivity index (χ0v) is 9.14. The highest BCUT2D eigenvalue weighted by Crippen LogP contribution is 2.19. The van der Waals surface area contributed by atoms with Crippen LogP contribution in [0.4, 0.5) is 4.79 Å². The van der Waals surface area contributed by atoms with Crippen LogP contribution in [0, 0.1) is 0 Å². The lowest BCUT2D eigenvalue weighted by Gasteiger charge is -2.12. The number of hydrogen-bond acceptors (Lipinski definition) is 2. The van der Waals surface area contributed by atoms with Crippen LogP contribution in [-0.4, -0.2) is 29.8 Å². The summed E-state index contributed by atoms with van der Waals surface area (Å²) in [4.78, 5) is 24.1. The van der Waals surface area contributed by atoms with Crippen molar-refractivity contribution in [2.75, 3.05) is 13.1 Å². The van der Waals surface area contributed by atoms with E-state index in [-0.39, 0.29) is 24.4 Å². The molecule has 1 aliphatic heterocycles. The van der Waals surface area contributed by atoms with E-state index in [1.165, 1.54) is 6.92 Å². The van der Waals surface area contributed by atoms with Gasteiger partial charge in [0.15, 0.2) is 0 Å². The first-order valence-electron chi connectivity index (χ1n) is 5.26. The SMILES string of the molecule is CC(=O)CN1CC(c2ccccc2)NC1=O. The number of carbonyl (C=O) groups is 2. The maximum absolute atomic E-state index is 11.6. The van der Waals surface area contributed by atoms with E-state index in [1.54, 1.807) is 4.90 Å². The van der Waals surface area contributed by atoms with Crippen molar-refractivity contribution in [1.29, 1.82) is 0 Å². The predicted molar refractivity (Wildman–Crippen MR) is 60.0 cm³/mol. The maximum Gasteiger partial charge on any atom is 0.318 e. The number of nitrogens with zero attached hydrogens (tertiary/aromatic N) is 1. The highest BCUT2D eigenvalue weighted by atomic mass is 16.2. The van der Waals surface area contributed by atoms with Crippen molar-refractivity contribution >= 4 is 11.8 Å². The normalized spacial score (nSPS) is 19.7. The Morgan fingerprint density at radius 3 is 2.75 bits per heavy atom. The molecule has 84 valence electrons. The molecule has 4 heteroatoms. The van der Waals surface area contributed by atoms with Gasteiger partial charge in [0.05, 0.1) is 12.6 Å². The third-order valence-corrected chi connectivity index (χ3v) is 2.60. The number of amides is 2. The Labute approximate surface area is 94.2 Å². The quantitative estimate of drug-likeness (QED) is 0.832. The predicted octanol–water partition coefficient (Wildman–Crippen LogP) is 1.34. The highest BCUT2D eigenvalue weighted by molar-refractivity contribution is 5.85. The standard InChI is InChI=1S/C12H14N2O2/c1-9(15)7-14-8-11(13-12(14)16)10-5-3-2-4-6-10/h2-6,11H,7-8H2,1H3,(H,13,16). The molecule has 0 spiro atoms. The van der Waals surface area contributed by atoms with Gasteiger partial charge in [-0.05, 0) is 12.5 Å². The van der Waals surface area contributed by atoms with Gasteiger partial charge in [-0.15, -0.1) is 0 Å². The summed E-state index contributed by atoms with van der Waals surface area (Å²) in [5, 5.41) is 2.86. The molecule has 0 radical (unpaired) electrons. The van der Waals surface area contributed by atoms with Crippen molar-refractivity contribution in [2.45, 2.75) is 13.0 Å². The van der Waals surface area contributed by atoms with Crippen LogP contribution in [0.25, 0.3) is 0 Å². The molecule has 1 atom stereocenters. The minimum absolute atomic E-state index is 0.00358. The lowest BCUT2D eigenvalue weighted by Crippen LogP contribution is -2.32. The van der Waals surface area contributed by atoms with Crippen LogP contribution >= 0.6 is 0 Å². The van der Waals surface area contributed by atoms with Crippen molar-refractivity contribution in [2.24, 2.45) is 0 Å². The van der Waals surface area contributed by atoms with Gasteiger partial charge in [0.1, 0.15) is 5.78 Å². The number of Topliss-reactive ketones (excluding diaryl/α,β-unsaturated/α-hetero) is 1.